The zero-order valence-corrected chi connectivity index (χ0v) is 23.4. The molecule has 1 N–H and O–H groups in total. The Morgan fingerprint density at radius 2 is 1.89 bits per heavy atom. The van der Waals surface area contributed by atoms with Crippen LogP contribution in [-0.4, -0.2) is 11.5 Å². The minimum Gasteiger partial charge on any atom is -0.305 e. The molecule has 1 saturated carbocycles. The van der Waals surface area contributed by atoms with Gasteiger partial charge in [-0.15, -0.1) is 24.4 Å². The molecule has 3 aliphatic rings. The lowest BCUT2D eigenvalue weighted by molar-refractivity contribution is 0.368. The zero-order valence-electron chi connectivity index (χ0n) is 21.6. The number of hydrogen-bond acceptors (Lipinski definition) is 3. The summed E-state index contributed by atoms with van der Waals surface area (Å²) in [4.78, 5) is 0. The van der Waals surface area contributed by atoms with Gasteiger partial charge in [0.15, 0.2) is 0 Å². The highest BCUT2D eigenvalue weighted by Crippen LogP contribution is 2.45. The lowest BCUT2D eigenvalue weighted by Gasteiger charge is -2.32. The summed E-state index contributed by atoms with van der Waals surface area (Å²) in [6, 6.07) is 9.09. The zero-order chi connectivity index (χ0) is 24.9. The summed E-state index contributed by atoms with van der Waals surface area (Å²) in [5, 5.41) is 9.11. The van der Waals surface area contributed by atoms with Gasteiger partial charge in [-0.2, -0.15) is 0 Å². The average molecular weight is 504 g/mol. The fourth-order valence-electron chi connectivity index (χ4n) is 5.48. The number of benzene rings is 1. The molecule has 3 aliphatic carbocycles. The van der Waals surface area contributed by atoms with Crippen LogP contribution in [0.2, 0.25) is 0 Å². The summed E-state index contributed by atoms with van der Waals surface area (Å²) in [6.07, 6.45) is 24.8. The van der Waals surface area contributed by atoms with Crippen molar-refractivity contribution in [2.45, 2.75) is 78.1 Å². The van der Waals surface area contributed by atoms with E-state index >= 15 is 0 Å². The Morgan fingerprint density at radius 3 is 2.54 bits per heavy atom. The predicted octanol–water partition coefficient (Wildman–Crippen LogP) is 9.61. The third-order valence-electron chi connectivity index (χ3n) is 7.94. The minimum absolute atomic E-state index is 0.151. The van der Waals surface area contributed by atoms with Crippen LogP contribution >= 0.6 is 24.4 Å². The van der Waals surface area contributed by atoms with E-state index in [4.69, 9.17) is 18.0 Å². The van der Waals surface area contributed by atoms with E-state index in [-0.39, 0.29) is 10.8 Å². The van der Waals surface area contributed by atoms with Crippen molar-refractivity contribution in [3.8, 4) is 0 Å². The third-order valence-corrected chi connectivity index (χ3v) is 9.83. The van der Waals surface area contributed by atoms with E-state index in [0.717, 1.165) is 53.4 Å². The van der Waals surface area contributed by atoms with Crippen LogP contribution in [0.4, 0.5) is 0 Å². The smallest absolute Gasteiger partial charge is 0.0464 e. The molecule has 0 saturated heterocycles. The Balaban J connectivity index is 1.60. The van der Waals surface area contributed by atoms with Crippen molar-refractivity contribution < 1.29 is 0 Å². The fraction of sp³-hybridized carbons (Fsp3) is 0.469. The number of hydrogen-bond donors (Lipinski definition) is 2. The van der Waals surface area contributed by atoms with Crippen LogP contribution in [0.3, 0.4) is 0 Å². The number of thiol groups is 1. The molecule has 1 fully saturated rings. The normalized spacial score (nSPS) is 31.3. The van der Waals surface area contributed by atoms with Crippen molar-refractivity contribution in [2.24, 2.45) is 10.8 Å². The molecule has 1 aromatic rings. The minimum atomic E-state index is 0.151. The fourth-order valence-corrected chi connectivity index (χ4v) is 7.03. The highest BCUT2D eigenvalue weighted by molar-refractivity contribution is 8.15. The molecule has 0 amide bonds. The molecule has 0 aliphatic heterocycles. The van der Waals surface area contributed by atoms with E-state index in [1.165, 1.54) is 36.0 Å². The monoisotopic (exact) mass is 503 g/mol. The Kier molecular flexibility index (Phi) is 8.71. The number of rotatable bonds is 7. The second kappa shape index (κ2) is 11.6. The first kappa shape index (κ1) is 26.4. The number of nitrogens with one attached hydrogen (secondary N) is 1. The summed E-state index contributed by atoms with van der Waals surface area (Å²) in [7, 11) is 0. The molecule has 4 rings (SSSR count). The van der Waals surface area contributed by atoms with Crippen LogP contribution in [-0.2, 0) is 6.42 Å². The van der Waals surface area contributed by atoms with Crippen molar-refractivity contribution >= 4 is 30.1 Å². The molecule has 0 aromatic heterocycles. The average Bonchev–Trinajstić information content (AvgIpc) is 2.87. The third kappa shape index (κ3) is 6.74. The maximum Gasteiger partial charge on any atom is 0.0464 e. The van der Waals surface area contributed by atoms with Crippen molar-refractivity contribution in [1.29, 1.82) is 5.41 Å². The maximum absolute atomic E-state index is 9.11. The second-order valence-electron chi connectivity index (χ2n) is 11.2. The summed E-state index contributed by atoms with van der Waals surface area (Å²) >= 11 is 6.84. The van der Waals surface area contributed by atoms with Crippen molar-refractivity contribution in [3.05, 3.63) is 93.3 Å². The van der Waals surface area contributed by atoms with E-state index < -0.39 is 0 Å². The molecular weight excluding hydrogens is 462 g/mol. The van der Waals surface area contributed by atoms with Crippen LogP contribution in [0.1, 0.15) is 82.8 Å². The first-order chi connectivity index (χ1) is 16.8. The molecule has 0 radical (unpaired) electrons. The van der Waals surface area contributed by atoms with E-state index in [1.807, 2.05) is 11.8 Å². The quantitative estimate of drug-likeness (QED) is 0.281. The second-order valence-corrected chi connectivity index (χ2v) is 12.9. The molecule has 3 unspecified atom stereocenters. The highest BCUT2D eigenvalue weighted by Gasteiger charge is 2.30. The maximum atomic E-state index is 9.11. The molecule has 3 atom stereocenters. The molecule has 1 nitrogen and oxygen atoms in total. The highest BCUT2D eigenvalue weighted by atomic mass is 32.2. The Hall–Kier alpha value is -1.71. The van der Waals surface area contributed by atoms with Crippen molar-refractivity contribution in [3.63, 3.8) is 0 Å². The van der Waals surface area contributed by atoms with Gasteiger partial charge in [-0.3, -0.25) is 0 Å². The number of aryl methyl sites for hydroxylation is 1. The van der Waals surface area contributed by atoms with Gasteiger partial charge in [0.1, 0.15) is 0 Å². The van der Waals surface area contributed by atoms with Gasteiger partial charge in [-0.05, 0) is 84.8 Å². The summed E-state index contributed by atoms with van der Waals surface area (Å²) in [5.41, 5.74) is 6.29. The lowest BCUT2D eigenvalue weighted by atomic mass is 9.74. The largest absolute Gasteiger partial charge is 0.305 e. The van der Waals surface area contributed by atoms with Gasteiger partial charge < -0.3 is 5.41 Å². The number of thioether (sulfide) groups is 1. The van der Waals surface area contributed by atoms with Gasteiger partial charge in [-0.25, -0.2) is 0 Å². The molecule has 3 heteroatoms. The molecule has 0 bridgehead atoms. The van der Waals surface area contributed by atoms with E-state index in [9.17, 15) is 0 Å². The Morgan fingerprint density at radius 1 is 1.09 bits per heavy atom. The molecule has 0 heterocycles. The van der Waals surface area contributed by atoms with Crippen LogP contribution in [0.15, 0.2) is 82.2 Å². The van der Waals surface area contributed by atoms with Crippen LogP contribution < -0.4 is 0 Å². The van der Waals surface area contributed by atoms with Crippen LogP contribution in [0, 0.1) is 16.2 Å². The van der Waals surface area contributed by atoms with Gasteiger partial charge in [0, 0.05) is 21.3 Å². The first-order valence-electron chi connectivity index (χ1n) is 13.2. The topological polar surface area (TPSA) is 23.9 Å². The SMILES string of the molecule is CCc1ccc(C2CC(=N)C(=C(/S)SCC3(C)C=CC=CC3)/C(=C/CC3(C)C=CCCC3)C2)cc1. The standard InChI is InChI=1S/C32H41NS2/c1-4-24-11-13-25(14-12-24)27-21-26(15-20-31(2)16-7-5-8-17-31)29(28(33)22-27)30(34)35-23-32(3)18-9-6-10-19-32/h6-7,9-16,18,27,33-34H,4-5,8,17,19-23H2,1-3H3/b26-15+,30-29-,33-28?. The van der Waals surface area contributed by atoms with Crippen molar-refractivity contribution in [1.82, 2.24) is 0 Å². The Bertz CT molecular complexity index is 1070. The van der Waals surface area contributed by atoms with Gasteiger partial charge in [0.25, 0.3) is 0 Å². The van der Waals surface area contributed by atoms with E-state index in [1.54, 1.807) is 0 Å². The molecule has 35 heavy (non-hydrogen) atoms. The molecule has 186 valence electrons. The molecule has 1 aromatic carbocycles. The van der Waals surface area contributed by atoms with Gasteiger partial charge in [0.2, 0.25) is 0 Å². The predicted molar refractivity (Wildman–Crippen MR) is 159 cm³/mol. The lowest BCUT2D eigenvalue weighted by Crippen LogP contribution is -2.21. The first-order valence-corrected chi connectivity index (χ1v) is 14.7. The Labute approximate surface area is 222 Å². The summed E-state index contributed by atoms with van der Waals surface area (Å²) in [5.74, 6) is 1.35. The van der Waals surface area contributed by atoms with E-state index in [0.29, 0.717) is 5.92 Å². The van der Waals surface area contributed by atoms with Crippen molar-refractivity contribution in [2.75, 3.05) is 5.75 Å². The summed E-state index contributed by atoms with van der Waals surface area (Å²) < 4.78 is 1.02. The van der Waals surface area contributed by atoms with Gasteiger partial charge in [-0.1, -0.05) is 87.6 Å². The van der Waals surface area contributed by atoms with E-state index in [2.05, 4.69) is 87.6 Å². The molecule has 0 spiro atoms. The molecular formula is C32H41NS2. The van der Waals surface area contributed by atoms with Crippen LogP contribution in [0.25, 0.3) is 0 Å². The number of allylic oxidation sites excluding steroid dienone is 9. The van der Waals surface area contributed by atoms with Gasteiger partial charge >= 0.3 is 0 Å². The van der Waals surface area contributed by atoms with Gasteiger partial charge in [0.05, 0.1) is 0 Å². The van der Waals surface area contributed by atoms with Crippen LogP contribution in [0.5, 0.6) is 0 Å². The summed E-state index contributed by atoms with van der Waals surface area (Å²) in [6.45, 7) is 6.91.